The molecule has 0 saturated carbocycles. The van der Waals surface area contributed by atoms with Gasteiger partial charge in [0.05, 0.1) is 31.3 Å². The van der Waals surface area contributed by atoms with Crippen LogP contribution in [0.2, 0.25) is 0 Å². The molecule has 8 heteroatoms. The number of anilines is 1. The Morgan fingerprint density at radius 1 is 0.933 bits per heavy atom. The van der Waals surface area contributed by atoms with Crippen molar-refractivity contribution in [3.8, 4) is 17.2 Å². The normalized spacial score (nSPS) is 14.0. The Balaban J connectivity index is 1.21. The van der Waals surface area contributed by atoms with Crippen molar-refractivity contribution in [2.45, 2.75) is 33.0 Å². The van der Waals surface area contributed by atoms with Crippen molar-refractivity contribution in [1.29, 1.82) is 0 Å². The Kier molecular flexibility index (Phi) is 8.47. The molecular weight excluding hydrogens is 568 g/mol. The summed E-state index contributed by atoms with van der Waals surface area (Å²) in [4.78, 5) is 29.1. The number of likely N-dealkylation sites (N-methyl/N-ethyl adjacent to an activating group) is 1. The Morgan fingerprint density at radius 2 is 1.71 bits per heavy atom. The van der Waals surface area contributed by atoms with Gasteiger partial charge in [0.1, 0.15) is 36.6 Å². The molecule has 1 atom stereocenters. The molecule has 230 valence electrons. The van der Waals surface area contributed by atoms with Gasteiger partial charge in [-0.25, -0.2) is 0 Å². The molecule has 4 aromatic carbocycles. The molecule has 0 aliphatic carbocycles. The number of esters is 1. The fourth-order valence-electron chi connectivity index (χ4n) is 5.84. The monoisotopic (exact) mass is 604 g/mol. The van der Waals surface area contributed by atoms with Crippen molar-refractivity contribution in [3.05, 3.63) is 119 Å². The van der Waals surface area contributed by atoms with Gasteiger partial charge < -0.3 is 23.8 Å². The minimum Gasteiger partial charge on any atom is -0.497 e. The second-order valence-electron chi connectivity index (χ2n) is 11.3. The number of methoxy groups -OCH3 is 1. The molecule has 2 heterocycles. The largest absolute Gasteiger partial charge is 0.497 e. The second-order valence-corrected chi connectivity index (χ2v) is 11.3. The van der Waals surface area contributed by atoms with Gasteiger partial charge in [0.15, 0.2) is 0 Å². The van der Waals surface area contributed by atoms with Crippen LogP contribution in [0.3, 0.4) is 0 Å². The Bertz CT molecular complexity index is 1860. The first-order valence-corrected chi connectivity index (χ1v) is 14.9. The van der Waals surface area contributed by atoms with Crippen molar-refractivity contribution in [3.63, 3.8) is 0 Å². The molecule has 8 nitrogen and oxygen atoms in total. The molecule has 0 saturated heterocycles. The van der Waals surface area contributed by atoms with Crippen LogP contribution >= 0.6 is 0 Å². The number of carbonyl (C=O) groups excluding carboxylic acids is 2. The van der Waals surface area contributed by atoms with E-state index in [-0.39, 0.29) is 31.0 Å². The highest BCUT2D eigenvalue weighted by Crippen LogP contribution is 2.33. The van der Waals surface area contributed by atoms with Gasteiger partial charge in [0.2, 0.25) is 0 Å². The number of carbonyl (C=O) groups is 2. The molecule has 0 spiro atoms. The summed E-state index contributed by atoms with van der Waals surface area (Å²) in [7, 11) is 3.63. The molecule has 1 aromatic heterocycles. The minimum absolute atomic E-state index is 0.0251. The molecule has 0 amide bonds. The predicted octanol–water partition coefficient (Wildman–Crippen LogP) is 6.52. The molecule has 0 fully saturated rings. The zero-order chi connectivity index (χ0) is 31.5. The second kappa shape index (κ2) is 12.8. The van der Waals surface area contributed by atoms with E-state index in [0.29, 0.717) is 41.4 Å². The van der Waals surface area contributed by atoms with Crippen molar-refractivity contribution in [2.24, 2.45) is 0 Å². The number of aromatic nitrogens is 1. The van der Waals surface area contributed by atoms with Crippen LogP contribution in [0.4, 0.5) is 5.69 Å². The fourth-order valence-corrected chi connectivity index (χ4v) is 5.84. The van der Waals surface area contributed by atoms with Crippen LogP contribution in [-0.2, 0) is 22.6 Å². The zero-order valence-electron chi connectivity index (χ0n) is 25.9. The highest BCUT2D eigenvalue weighted by Gasteiger charge is 2.25. The summed E-state index contributed by atoms with van der Waals surface area (Å²) in [5.41, 5.74) is 5.42. The maximum Gasteiger partial charge on any atom is 0.310 e. The number of hydrogen-bond donors (Lipinski definition) is 0. The number of nitrogens with zero attached hydrogens (tertiary/aromatic N) is 2. The number of benzene rings is 4. The predicted molar refractivity (Wildman–Crippen MR) is 174 cm³/mol. The Labute approximate surface area is 262 Å². The van der Waals surface area contributed by atoms with Crippen LogP contribution in [0.5, 0.6) is 17.2 Å². The van der Waals surface area contributed by atoms with Gasteiger partial charge in [-0.2, -0.15) is 0 Å². The number of rotatable bonds is 9. The van der Waals surface area contributed by atoms with Gasteiger partial charge in [-0.15, -0.1) is 0 Å². The van der Waals surface area contributed by atoms with Gasteiger partial charge in [0.25, 0.3) is 5.91 Å². The Morgan fingerprint density at radius 3 is 2.49 bits per heavy atom. The smallest absolute Gasteiger partial charge is 0.310 e. The summed E-state index contributed by atoms with van der Waals surface area (Å²) in [5.74, 6) is 1.60. The summed E-state index contributed by atoms with van der Waals surface area (Å²) >= 11 is 0. The average molecular weight is 605 g/mol. The van der Waals surface area contributed by atoms with E-state index in [0.717, 1.165) is 33.5 Å². The molecule has 0 bridgehead atoms. The molecule has 1 aliphatic heterocycles. The first-order chi connectivity index (χ1) is 21.8. The topological polar surface area (TPSA) is 79.2 Å². The average Bonchev–Trinajstić information content (AvgIpc) is 3.33. The van der Waals surface area contributed by atoms with Crippen molar-refractivity contribution < 1.29 is 28.5 Å². The van der Waals surface area contributed by atoms with Crippen LogP contribution < -0.4 is 19.1 Å². The molecule has 1 aliphatic rings. The maximum absolute atomic E-state index is 14.0. The maximum atomic E-state index is 14.0. The lowest BCUT2D eigenvalue weighted by molar-refractivity contribution is -0.144. The number of ether oxygens (including phenoxy) is 4. The summed E-state index contributed by atoms with van der Waals surface area (Å²) in [6.45, 7) is 5.05. The summed E-state index contributed by atoms with van der Waals surface area (Å²) in [6, 6.07) is 28.5. The van der Waals surface area contributed by atoms with Crippen molar-refractivity contribution in [1.82, 2.24) is 4.57 Å². The van der Waals surface area contributed by atoms with E-state index < -0.39 is 0 Å². The number of para-hydroxylation sites is 2. The summed E-state index contributed by atoms with van der Waals surface area (Å²) < 4.78 is 25.0. The first-order valence-electron chi connectivity index (χ1n) is 14.9. The van der Waals surface area contributed by atoms with Crippen molar-refractivity contribution >= 4 is 28.5 Å². The lowest BCUT2D eigenvalue weighted by atomic mass is 10.1. The SMILES string of the molecule is COc1ccc2c(c1)c(CC(=O)OCc1ccccc1)c(C)n2C(=O)c1ccc(OC[C@@H]2CN(C)c3ccccc3O2)c(C)c1. The van der Waals surface area contributed by atoms with E-state index in [1.165, 1.54) is 0 Å². The number of fused-ring (bicyclic) bond motifs is 2. The molecule has 45 heavy (non-hydrogen) atoms. The lowest BCUT2D eigenvalue weighted by Crippen LogP contribution is -2.41. The molecule has 6 rings (SSSR count). The van der Waals surface area contributed by atoms with Crippen LogP contribution in [-0.4, -0.2) is 49.9 Å². The lowest BCUT2D eigenvalue weighted by Gasteiger charge is -2.33. The first kappa shape index (κ1) is 29.8. The van der Waals surface area contributed by atoms with Crippen LogP contribution in [0.1, 0.15) is 32.7 Å². The number of aryl methyl sites for hydroxylation is 1. The fraction of sp³-hybridized carbons (Fsp3) is 0.243. The van der Waals surface area contributed by atoms with Crippen LogP contribution in [0, 0.1) is 13.8 Å². The Hall–Kier alpha value is -5.24. The summed E-state index contributed by atoms with van der Waals surface area (Å²) in [6.07, 6.45) is -0.105. The molecule has 0 radical (unpaired) electrons. The highest BCUT2D eigenvalue weighted by atomic mass is 16.5. The van der Waals surface area contributed by atoms with Crippen LogP contribution in [0.15, 0.2) is 91.0 Å². The molecular formula is C37H36N2O6. The van der Waals surface area contributed by atoms with Crippen molar-refractivity contribution in [2.75, 3.05) is 32.2 Å². The van der Waals surface area contributed by atoms with E-state index in [9.17, 15) is 9.59 Å². The summed E-state index contributed by atoms with van der Waals surface area (Å²) in [5, 5.41) is 0.771. The third kappa shape index (κ3) is 6.22. The van der Waals surface area contributed by atoms with Gasteiger partial charge in [-0.3, -0.25) is 14.2 Å². The highest BCUT2D eigenvalue weighted by molar-refractivity contribution is 6.05. The zero-order valence-corrected chi connectivity index (χ0v) is 25.9. The third-order valence-electron chi connectivity index (χ3n) is 8.20. The molecule has 0 unspecified atom stereocenters. The standard InChI is InChI=1S/C37H36N2O6/c1-24-18-27(14-17-34(24)43-23-29-21-38(3)33-12-8-9-13-35(33)45-29)37(41)39-25(2)30(31-19-28(42-4)15-16-32(31)39)20-36(40)44-22-26-10-6-5-7-11-26/h5-19,29H,20-23H2,1-4H3/t29-/m0/s1. The van der Waals surface area contributed by atoms with Gasteiger partial charge in [-0.1, -0.05) is 42.5 Å². The van der Waals surface area contributed by atoms with E-state index in [1.807, 2.05) is 106 Å². The third-order valence-corrected chi connectivity index (χ3v) is 8.20. The van der Waals surface area contributed by atoms with Gasteiger partial charge in [0, 0.05) is 23.7 Å². The molecule has 0 N–H and O–H groups in total. The van der Waals surface area contributed by atoms with E-state index in [4.69, 9.17) is 18.9 Å². The van der Waals surface area contributed by atoms with Gasteiger partial charge >= 0.3 is 5.97 Å². The minimum atomic E-state index is -0.370. The molecule has 5 aromatic rings. The number of hydrogen-bond acceptors (Lipinski definition) is 7. The quantitative estimate of drug-likeness (QED) is 0.177. The van der Waals surface area contributed by atoms with E-state index >= 15 is 0 Å². The van der Waals surface area contributed by atoms with E-state index in [2.05, 4.69) is 4.90 Å². The van der Waals surface area contributed by atoms with Gasteiger partial charge in [-0.05, 0) is 79.1 Å². The van der Waals surface area contributed by atoms with E-state index in [1.54, 1.807) is 17.7 Å². The van der Waals surface area contributed by atoms with Crippen LogP contribution in [0.25, 0.3) is 10.9 Å².